The van der Waals surface area contributed by atoms with Gasteiger partial charge in [0.2, 0.25) is 0 Å². The number of rotatable bonds is 5. The Balaban J connectivity index is 2.64. The molecule has 0 radical (unpaired) electrons. The van der Waals surface area contributed by atoms with Crippen LogP contribution in [0.25, 0.3) is 0 Å². The molecule has 1 aromatic rings. The molecule has 0 saturated carbocycles. The average molecular weight is 364 g/mol. The highest BCUT2D eigenvalue weighted by molar-refractivity contribution is 9.10. The summed E-state index contributed by atoms with van der Waals surface area (Å²) in [5.41, 5.74) is 1.49. The van der Waals surface area contributed by atoms with E-state index in [9.17, 15) is 0 Å². The summed E-state index contributed by atoms with van der Waals surface area (Å²) in [6.07, 6.45) is 2.23. The molecule has 0 saturated heterocycles. The van der Waals surface area contributed by atoms with Crippen LogP contribution < -0.4 is 4.74 Å². The Bertz CT molecular complexity index is 356. The van der Waals surface area contributed by atoms with Crippen molar-refractivity contribution in [2.24, 2.45) is 0 Å². The molecule has 0 atom stereocenters. The molecule has 0 heterocycles. The largest absolute Gasteiger partial charge is 0.492 e. The lowest BCUT2D eigenvalue weighted by Crippen LogP contribution is -2.11. The molecule has 0 fully saturated rings. The van der Waals surface area contributed by atoms with Gasteiger partial charge in [0, 0.05) is 5.33 Å². The predicted molar refractivity (Wildman–Crippen MR) is 81.4 cm³/mol. The highest BCUT2D eigenvalue weighted by atomic mass is 79.9. The molecule has 3 heteroatoms. The number of halogens is 2. The summed E-state index contributed by atoms with van der Waals surface area (Å²) >= 11 is 6.99. The van der Waals surface area contributed by atoms with Crippen molar-refractivity contribution in [3.8, 4) is 5.75 Å². The molecule has 96 valence electrons. The van der Waals surface area contributed by atoms with Crippen LogP contribution in [0.2, 0.25) is 0 Å². The van der Waals surface area contributed by atoms with E-state index < -0.39 is 0 Å². The molecule has 0 aliphatic heterocycles. The molecule has 0 aliphatic rings. The van der Waals surface area contributed by atoms with Gasteiger partial charge in [-0.25, -0.2) is 0 Å². The van der Waals surface area contributed by atoms with Crippen LogP contribution in [0, 0.1) is 0 Å². The minimum Gasteiger partial charge on any atom is -0.492 e. The zero-order valence-corrected chi connectivity index (χ0v) is 13.9. The van der Waals surface area contributed by atoms with Crippen LogP contribution >= 0.6 is 31.9 Å². The van der Waals surface area contributed by atoms with Gasteiger partial charge in [0.05, 0.1) is 11.1 Å². The zero-order valence-electron chi connectivity index (χ0n) is 10.7. The summed E-state index contributed by atoms with van der Waals surface area (Å²) in [4.78, 5) is 0. The van der Waals surface area contributed by atoms with Crippen molar-refractivity contribution >= 4 is 31.9 Å². The summed E-state index contributed by atoms with van der Waals surface area (Å²) < 4.78 is 6.78. The van der Waals surface area contributed by atoms with Gasteiger partial charge in [-0.15, -0.1) is 0 Å². The van der Waals surface area contributed by atoms with E-state index in [1.165, 1.54) is 5.56 Å². The van der Waals surface area contributed by atoms with Gasteiger partial charge in [0.15, 0.2) is 0 Å². The van der Waals surface area contributed by atoms with Crippen molar-refractivity contribution in [3.63, 3.8) is 0 Å². The summed E-state index contributed by atoms with van der Waals surface area (Å²) in [6, 6.07) is 6.35. The molecule has 0 unspecified atom stereocenters. The Hall–Kier alpha value is -0.0200. The van der Waals surface area contributed by atoms with E-state index >= 15 is 0 Å². The maximum absolute atomic E-state index is 5.74. The first-order valence-electron chi connectivity index (χ1n) is 5.94. The van der Waals surface area contributed by atoms with Gasteiger partial charge >= 0.3 is 0 Å². The van der Waals surface area contributed by atoms with Gasteiger partial charge in [-0.1, -0.05) is 42.8 Å². The third-order valence-electron chi connectivity index (χ3n) is 2.58. The van der Waals surface area contributed by atoms with Crippen LogP contribution in [-0.4, -0.2) is 11.9 Å². The fourth-order valence-corrected chi connectivity index (χ4v) is 2.35. The monoisotopic (exact) mass is 362 g/mol. The van der Waals surface area contributed by atoms with Crippen LogP contribution in [0.1, 0.15) is 39.2 Å². The third kappa shape index (κ3) is 5.01. The lowest BCUT2D eigenvalue weighted by Gasteiger charge is -2.20. The maximum Gasteiger partial charge on any atom is 0.133 e. The zero-order chi connectivity index (χ0) is 12.9. The van der Waals surface area contributed by atoms with Crippen LogP contribution in [0.15, 0.2) is 22.7 Å². The van der Waals surface area contributed by atoms with Crippen molar-refractivity contribution in [3.05, 3.63) is 28.2 Å². The van der Waals surface area contributed by atoms with Crippen molar-refractivity contribution < 1.29 is 4.74 Å². The third-order valence-corrected chi connectivity index (χ3v) is 3.76. The van der Waals surface area contributed by atoms with E-state index in [1.54, 1.807) is 0 Å². The highest BCUT2D eigenvalue weighted by Crippen LogP contribution is 2.31. The fourth-order valence-electron chi connectivity index (χ4n) is 1.46. The molecule has 1 nitrogen and oxygen atoms in total. The Morgan fingerprint density at radius 1 is 1.18 bits per heavy atom. The van der Waals surface area contributed by atoms with Gasteiger partial charge in [-0.3, -0.25) is 0 Å². The summed E-state index contributed by atoms with van der Waals surface area (Å²) in [5.74, 6) is 0.938. The molecule has 0 amide bonds. The SMILES string of the molecule is CC(C)(C)c1ccc(OCCCCBr)c(Br)c1. The van der Waals surface area contributed by atoms with Crippen LogP contribution in [-0.2, 0) is 5.41 Å². The molecule has 0 spiro atoms. The Labute approximate surface area is 121 Å². The van der Waals surface area contributed by atoms with E-state index in [0.29, 0.717) is 0 Å². The number of hydrogen-bond donors (Lipinski definition) is 0. The summed E-state index contributed by atoms with van der Waals surface area (Å²) in [5, 5.41) is 1.04. The minimum atomic E-state index is 0.178. The van der Waals surface area contributed by atoms with Crippen molar-refractivity contribution in [1.82, 2.24) is 0 Å². The first-order chi connectivity index (χ1) is 7.95. The standard InChI is InChI=1S/C14H20Br2O/c1-14(2,3)11-6-7-13(12(16)10-11)17-9-5-4-8-15/h6-7,10H,4-5,8-9H2,1-3H3. The number of benzene rings is 1. The number of hydrogen-bond acceptors (Lipinski definition) is 1. The quantitative estimate of drug-likeness (QED) is 0.509. The van der Waals surface area contributed by atoms with Gasteiger partial charge in [0.1, 0.15) is 5.75 Å². The Kier molecular flexibility index (Phi) is 6.01. The van der Waals surface area contributed by atoms with Gasteiger partial charge < -0.3 is 4.74 Å². The molecular weight excluding hydrogens is 344 g/mol. The minimum absolute atomic E-state index is 0.178. The van der Waals surface area contributed by atoms with E-state index in [4.69, 9.17) is 4.74 Å². The van der Waals surface area contributed by atoms with E-state index in [-0.39, 0.29) is 5.41 Å². The molecule has 1 rings (SSSR count). The van der Waals surface area contributed by atoms with Gasteiger partial charge in [-0.2, -0.15) is 0 Å². The second kappa shape index (κ2) is 6.79. The second-order valence-corrected chi connectivity index (χ2v) is 6.79. The number of unbranched alkanes of at least 4 members (excludes halogenated alkanes) is 1. The smallest absolute Gasteiger partial charge is 0.133 e. The molecular formula is C14H20Br2O. The van der Waals surface area contributed by atoms with Gasteiger partial charge in [-0.05, 0) is 51.9 Å². The van der Waals surface area contributed by atoms with E-state index in [1.807, 2.05) is 0 Å². The normalized spacial score (nSPS) is 11.6. The van der Waals surface area contributed by atoms with Crippen molar-refractivity contribution in [2.75, 3.05) is 11.9 Å². The highest BCUT2D eigenvalue weighted by Gasteiger charge is 2.15. The van der Waals surface area contributed by atoms with Gasteiger partial charge in [0.25, 0.3) is 0 Å². The maximum atomic E-state index is 5.74. The Morgan fingerprint density at radius 3 is 2.41 bits per heavy atom. The van der Waals surface area contributed by atoms with Crippen molar-refractivity contribution in [2.45, 2.75) is 39.0 Å². The fraction of sp³-hybridized carbons (Fsp3) is 0.571. The molecule has 0 aromatic heterocycles. The topological polar surface area (TPSA) is 9.23 Å². The molecule has 0 bridgehead atoms. The molecule has 1 aromatic carbocycles. The lowest BCUT2D eigenvalue weighted by molar-refractivity contribution is 0.308. The second-order valence-electron chi connectivity index (χ2n) is 5.14. The van der Waals surface area contributed by atoms with Crippen LogP contribution in [0.4, 0.5) is 0 Å². The first-order valence-corrected chi connectivity index (χ1v) is 7.85. The Morgan fingerprint density at radius 2 is 1.88 bits per heavy atom. The molecule has 17 heavy (non-hydrogen) atoms. The van der Waals surface area contributed by atoms with Crippen LogP contribution in [0.5, 0.6) is 5.75 Å². The van der Waals surface area contributed by atoms with E-state index in [2.05, 4.69) is 70.8 Å². The number of ether oxygens (including phenoxy) is 1. The summed E-state index contributed by atoms with van der Waals surface area (Å²) in [6.45, 7) is 7.42. The number of alkyl halides is 1. The lowest BCUT2D eigenvalue weighted by atomic mass is 9.87. The predicted octanol–water partition coefficient (Wildman–Crippen LogP) is 5.30. The molecule has 0 aliphatic carbocycles. The molecule has 0 N–H and O–H groups in total. The summed E-state index contributed by atoms with van der Waals surface area (Å²) in [7, 11) is 0. The first kappa shape index (κ1) is 15.0. The van der Waals surface area contributed by atoms with Crippen molar-refractivity contribution in [1.29, 1.82) is 0 Å². The average Bonchev–Trinajstić information content (AvgIpc) is 2.24. The van der Waals surface area contributed by atoms with Crippen LogP contribution in [0.3, 0.4) is 0 Å². The van der Waals surface area contributed by atoms with E-state index in [0.717, 1.165) is 35.0 Å².